The summed E-state index contributed by atoms with van der Waals surface area (Å²) in [6.07, 6.45) is 37.9. The van der Waals surface area contributed by atoms with Crippen LogP contribution in [0.15, 0.2) is 24.3 Å². The van der Waals surface area contributed by atoms with Gasteiger partial charge in [0.2, 0.25) is 5.91 Å². The Balaban J connectivity index is -0.00000374. The molecule has 2 atom stereocenters. The quantitative estimate of drug-likeness (QED) is 0.0259. The number of amides is 1. The summed E-state index contributed by atoms with van der Waals surface area (Å²) in [6.45, 7) is 2.06. The summed E-state index contributed by atoms with van der Waals surface area (Å²) in [4.78, 5) is 84.6. The van der Waals surface area contributed by atoms with E-state index in [1.54, 1.807) is 0 Å². The summed E-state index contributed by atoms with van der Waals surface area (Å²) >= 11 is 0. The Hall–Kier alpha value is -3.86. The van der Waals surface area contributed by atoms with E-state index in [1.807, 2.05) is 0 Å². The van der Waals surface area contributed by atoms with Gasteiger partial charge >= 0.3 is 35.8 Å². The van der Waals surface area contributed by atoms with Gasteiger partial charge in [-0.25, -0.2) is 0 Å². The molecule has 0 aromatic carbocycles. The number of hydrogen-bond acceptors (Lipinski definition) is 14. The van der Waals surface area contributed by atoms with Gasteiger partial charge < -0.3 is 60.2 Å². The minimum Gasteiger partial charge on any atom is -0.549 e. The number of unbranched alkanes of at least 4 members (excludes halogenated alkanes) is 23. The van der Waals surface area contributed by atoms with Gasteiger partial charge in [-0.1, -0.05) is 141 Å². The first-order chi connectivity index (χ1) is 32.9. The number of carboxylic acid groups (broad SMARTS) is 3. The van der Waals surface area contributed by atoms with Crippen LogP contribution < -0.4 is 20.6 Å². The number of rotatable bonds is 49. The number of aliphatic carboxylic acids is 3. The molecule has 1 amide bonds. The molecule has 17 nitrogen and oxygen atoms in total. The zero-order chi connectivity index (χ0) is 50.3. The van der Waals surface area contributed by atoms with Crippen molar-refractivity contribution in [3.05, 3.63) is 24.3 Å². The van der Waals surface area contributed by atoms with E-state index in [1.165, 1.54) is 77.0 Å². The standard InChI is InChI=1S/C53H92N2O13.Ni.2H2O/c1-3-5-7-9-11-13-15-17-19-21-23-25-27-29-31-36-50(61)66-43-45(68-52(63)37-32-30-28-26-24-22-20-18-16-14-12-10-8-6-4-2)44-67-51(62)39-38-47(56)54-40-34-33-35-46(53(64)65)55(41-48(57)58)42-49(59)60;;;/h17-20,45-46H,3-16,21-44H2,1-2H3,(H,54,56)(H,57,58)(H,59,60)(H,64,65);;2*1H2/q;+3;;/p-2. The van der Waals surface area contributed by atoms with Gasteiger partial charge in [-0.2, -0.15) is 0 Å². The van der Waals surface area contributed by atoms with E-state index >= 15 is 0 Å². The molecule has 0 bridgehead atoms. The van der Waals surface area contributed by atoms with Gasteiger partial charge in [0.05, 0.1) is 30.4 Å². The predicted molar refractivity (Wildman–Crippen MR) is 266 cm³/mol. The van der Waals surface area contributed by atoms with Crippen LogP contribution in [0.25, 0.3) is 0 Å². The van der Waals surface area contributed by atoms with Crippen molar-refractivity contribution >= 4 is 41.7 Å². The average molecular weight is 1060 g/mol. The van der Waals surface area contributed by atoms with Crippen LogP contribution in [-0.2, 0) is 64.3 Å². The molecule has 0 saturated carbocycles. The Labute approximate surface area is 437 Å². The zero-order valence-electron chi connectivity index (χ0n) is 44.4. The fourth-order valence-electron chi connectivity index (χ4n) is 7.61. The normalized spacial score (nSPS) is 11.8. The Morgan fingerprint density at radius 1 is 0.493 bits per heavy atom. The van der Waals surface area contributed by atoms with Crippen LogP contribution in [0.5, 0.6) is 0 Å². The smallest absolute Gasteiger partial charge is 0.549 e. The minimum atomic E-state index is -1.66. The monoisotopic (exact) mass is 1060 g/mol. The summed E-state index contributed by atoms with van der Waals surface area (Å²) in [7, 11) is 0. The molecule has 71 heavy (non-hydrogen) atoms. The topological polar surface area (TPSA) is 295 Å². The molecule has 415 valence electrons. The van der Waals surface area contributed by atoms with Crippen molar-refractivity contribution in [2.75, 3.05) is 32.8 Å². The van der Waals surface area contributed by atoms with Crippen molar-refractivity contribution in [2.45, 2.75) is 238 Å². The van der Waals surface area contributed by atoms with E-state index in [9.17, 15) is 48.9 Å². The minimum absolute atomic E-state index is 0. The van der Waals surface area contributed by atoms with Gasteiger partial charge in [-0.3, -0.25) is 24.1 Å². The summed E-state index contributed by atoms with van der Waals surface area (Å²) in [5, 5.41) is 36.1. The first-order valence-electron chi connectivity index (χ1n) is 26.3. The van der Waals surface area contributed by atoms with E-state index < -0.39 is 67.0 Å². The predicted octanol–water partition coefficient (Wildman–Crippen LogP) is 5.51. The Morgan fingerprint density at radius 2 is 0.873 bits per heavy atom. The summed E-state index contributed by atoms with van der Waals surface area (Å²) in [5.41, 5.74) is 0. The van der Waals surface area contributed by atoms with Crippen molar-refractivity contribution < 1.29 is 92.0 Å². The summed E-state index contributed by atoms with van der Waals surface area (Å²) < 4.78 is 16.4. The first-order valence-corrected chi connectivity index (χ1v) is 26.3. The molecular weight excluding hydrogens is 963 g/mol. The molecule has 0 aliphatic rings. The molecule has 18 heteroatoms. The van der Waals surface area contributed by atoms with Crippen molar-refractivity contribution in [1.82, 2.24) is 10.2 Å². The second-order valence-corrected chi connectivity index (χ2v) is 18.0. The van der Waals surface area contributed by atoms with E-state index in [0.717, 1.165) is 77.0 Å². The molecule has 0 aromatic rings. The van der Waals surface area contributed by atoms with E-state index in [-0.39, 0.29) is 93.6 Å². The first kappa shape index (κ1) is 73.7. The van der Waals surface area contributed by atoms with E-state index in [0.29, 0.717) is 17.7 Å². The van der Waals surface area contributed by atoms with Crippen LogP contribution in [0, 0.1) is 0 Å². The van der Waals surface area contributed by atoms with Crippen molar-refractivity contribution in [3.8, 4) is 0 Å². The molecule has 0 aromatic heterocycles. The van der Waals surface area contributed by atoms with Gasteiger partial charge in [0.1, 0.15) is 13.2 Å². The number of nitrogens with one attached hydrogen (secondary N) is 1. The van der Waals surface area contributed by atoms with Crippen LogP contribution in [0.4, 0.5) is 0 Å². The van der Waals surface area contributed by atoms with Crippen molar-refractivity contribution in [1.29, 1.82) is 0 Å². The number of hydrogen-bond donors (Lipinski definition) is 1. The van der Waals surface area contributed by atoms with Gasteiger partial charge in [-0.05, 0) is 83.5 Å². The number of carbonyl (C=O) groups excluding carboxylic acids is 7. The molecule has 0 rings (SSSR count). The fraction of sp³-hybridized carbons (Fsp3) is 0.792. The third-order valence-corrected chi connectivity index (χ3v) is 11.6. The van der Waals surface area contributed by atoms with Crippen molar-refractivity contribution in [2.24, 2.45) is 0 Å². The molecule has 5 N–H and O–H groups in total. The maximum absolute atomic E-state index is 12.8. The number of carbonyl (C=O) groups is 7. The molecule has 0 saturated heterocycles. The third kappa shape index (κ3) is 50.9. The third-order valence-electron chi connectivity index (χ3n) is 11.6. The number of esters is 3. The van der Waals surface area contributed by atoms with E-state index in [4.69, 9.17) is 14.2 Å². The molecule has 0 fully saturated rings. The number of ether oxygens (including phenoxy) is 3. The molecule has 2 unspecified atom stereocenters. The van der Waals surface area contributed by atoms with Gasteiger partial charge in [0, 0.05) is 38.9 Å². The van der Waals surface area contributed by atoms with Crippen molar-refractivity contribution in [3.63, 3.8) is 0 Å². The van der Waals surface area contributed by atoms with E-state index in [2.05, 4.69) is 43.5 Å². The summed E-state index contributed by atoms with van der Waals surface area (Å²) in [6, 6.07) is -1.52. The fourth-order valence-corrected chi connectivity index (χ4v) is 7.61. The van der Waals surface area contributed by atoms with Crippen LogP contribution in [0.3, 0.4) is 0 Å². The Kier molecular flexibility index (Phi) is 56.0. The SMILES string of the molecule is CCCCCCCCC=CCCCCCCCC(=O)OCC(COC(=O)CCC(=O)NCCCCC(C(=O)[O-])N(CC(=O)[O-])CC(=O)[O-])OC(=O)CCCCCCCC=CCCCCCCCC.O.O.[H+].[Ni+3]. The second kappa shape index (κ2) is 53.9. The van der Waals surface area contributed by atoms with Crippen LogP contribution in [0.2, 0.25) is 0 Å². The zero-order valence-corrected chi connectivity index (χ0v) is 44.4. The number of nitrogens with zero attached hydrogens (tertiary/aromatic N) is 1. The van der Waals surface area contributed by atoms with Gasteiger partial charge in [-0.15, -0.1) is 0 Å². The van der Waals surface area contributed by atoms with Crippen LogP contribution in [0.1, 0.15) is 227 Å². The Morgan fingerprint density at radius 3 is 1.28 bits per heavy atom. The molecule has 1 radical (unpaired) electrons. The Bertz CT molecular complexity index is 1410. The van der Waals surface area contributed by atoms with Crippen LogP contribution in [-0.4, -0.2) is 103 Å². The van der Waals surface area contributed by atoms with Gasteiger partial charge in [0.15, 0.2) is 6.10 Å². The molecule has 0 spiro atoms. The second-order valence-electron chi connectivity index (χ2n) is 18.0. The largest absolute Gasteiger partial charge is 3.00 e. The average Bonchev–Trinajstić information content (AvgIpc) is 3.29. The maximum Gasteiger partial charge on any atom is 3.00 e. The molecule has 0 aliphatic heterocycles. The number of allylic oxidation sites excluding steroid dienone is 4. The number of carboxylic acids is 3. The van der Waals surface area contributed by atoms with Crippen LogP contribution >= 0.6 is 0 Å². The maximum atomic E-state index is 12.8. The molecular formula is C53H94N2NiO15+. The molecule has 0 aliphatic carbocycles. The molecule has 0 heterocycles. The van der Waals surface area contributed by atoms with Gasteiger partial charge in [0.25, 0.3) is 0 Å². The summed E-state index contributed by atoms with van der Waals surface area (Å²) in [5.74, 6) is -7.09.